The zero-order chi connectivity index (χ0) is 20.7. The third-order valence-corrected chi connectivity index (χ3v) is 4.82. The maximum Gasteiger partial charge on any atom is 0.335 e. The molecule has 0 bridgehead atoms. The first-order valence-electron chi connectivity index (χ1n) is 9.68. The Kier molecular flexibility index (Phi) is 6.46. The predicted molar refractivity (Wildman–Crippen MR) is 117 cm³/mol. The van der Waals surface area contributed by atoms with Crippen LogP contribution in [0.4, 0.5) is 22.7 Å². The number of ether oxygens (including phenoxy) is 2. The Balaban J connectivity index is 1.43. The molecule has 1 aliphatic heterocycles. The molecular formula is C21H30N6O2+2. The number of anilines is 4. The molecule has 1 aliphatic rings. The van der Waals surface area contributed by atoms with E-state index in [-0.39, 0.29) is 0 Å². The molecule has 1 heterocycles. The first-order chi connectivity index (χ1) is 14.0. The van der Waals surface area contributed by atoms with E-state index in [1.807, 2.05) is 6.20 Å². The minimum absolute atomic E-state index is 0.558. The fourth-order valence-corrected chi connectivity index (χ4v) is 3.29. The van der Waals surface area contributed by atoms with E-state index in [1.54, 1.807) is 36.4 Å². The van der Waals surface area contributed by atoms with Gasteiger partial charge in [0.05, 0.1) is 37.7 Å². The first kappa shape index (κ1) is 20.3. The van der Waals surface area contributed by atoms with Gasteiger partial charge in [-0.15, -0.1) is 0 Å². The largest absolute Gasteiger partial charge is 0.491 e. The van der Waals surface area contributed by atoms with Crippen LogP contribution in [0, 0.1) is 0 Å². The lowest BCUT2D eigenvalue weighted by molar-refractivity contribution is -0.789. The van der Waals surface area contributed by atoms with Gasteiger partial charge in [-0.1, -0.05) is 0 Å². The summed E-state index contributed by atoms with van der Waals surface area (Å²) >= 11 is 0. The minimum Gasteiger partial charge on any atom is -0.491 e. The number of nitrogens with one attached hydrogen (secondary N) is 1. The standard InChI is InChI=1S/C21H29N6O2/c22-16-3-5-20(18(24)13-16)28-11-1-8-27(10-7-26-15-27)9-2-12-29-21-6-4-17(23)14-19(21)25/h3-7,10,13-15H,1-2,8-9,11-12,22-25H2/q+1/p+1. The summed E-state index contributed by atoms with van der Waals surface area (Å²) in [5, 5.41) is 0. The Morgan fingerprint density at radius 1 is 0.759 bits per heavy atom. The van der Waals surface area contributed by atoms with Gasteiger partial charge in [0.2, 0.25) is 6.20 Å². The van der Waals surface area contributed by atoms with E-state index in [1.165, 1.54) is 0 Å². The molecule has 0 atom stereocenters. The van der Waals surface area contributed by atoms with Crippen LogP contribution in [0.2, 0.25) is 0 Å². The molecule has 0 aliphatic carbocycles. The number of rotatable bonds is 10. The van der Waals surface area contributed by atoms with Crippen molar-refractivity contribution >= 4 is 29.1 Å². The molecule has 0 fully saturated rings. The number of quaternary nitrogens is 1. The lowest BCUT2D eigenvalue weighted by Gasteiger charge is -2.24. The zero-order valence-corrected chi connectivity index (χ0v) is 16.5. The number of hydrogen-bond donors (Lipinski definition) is 5. The lowest BCUT2D eigenvalue weighted by atomic mass is 10.2. The van der Waals surface area contributed by atoms with Crippen LogP contribution in [0.25, 0.3) is 0 Å². The molecule has 0 amide bonds. The normalized spacial score (nSPS) is 14.2. The average molecular weight is 399 g/mol. The lowest BCUT2D eigenvalue weighted by Crippen LogP contribution is -2.63. The van der Waals surface area contributed by atoms with Gasteiger partial charge >= 0.3 is 6.34 Å². The van der Waals surface area contributed by atoms with Crippen LogP contribution in [0.15, 0.2) is 48.8 Å². The zero-order valence-electron chi connectivity index (χ0n) is 16.5. The second-order valence-corrected chi connectivity index (χ2v) is 7.16. The molecule has 3 rings (SSSR count). The fraction of sp³-hybridized carbons (Fsp3) is 0.286. The molecule has 0 radical (unpaired) electrons. The van der Waals surface area contributed by atoms with E-state index in [0.717, 1.165) is 30.4 Å². The fourth-order valence-electron chi connectivity index (χ4n) is 3.29. The molecule has 0 saturated heterocycles. The van der Waals surface area contributed by atoms with E-state index >= 15 is 0 Å². The van der Waals surface area contributed by atoms with Crippen LogP contribution in [0.3, 0.4) is 0 Å². The highest BCUT2D eigenvalue weighted by atomic mass is 16.5. The van der Waals surface area contributed by atoms with Crippen LogP contribution in [0.5, 0.6) is 11.5 Å². The van der Waals surface area contributed by atoms with E-state index in [4.69, 9.17) is 32.4 Å². The molecule has 9 N–H and O–H groups in total. The summed E-state index contributed by atoms with van der Waals surface area (Å²) in [7, 11) is 0. The summed E-state index contributed by atoms with van der Waals surface area (Å²) in [5.41, 5.74) is 25.7. The van der Waals surface area contributed by atoms with Gasteiger partial charge in [0.1, 0.15) is 11.5 Å². The topological polar surface area (TPSA) is 137 Å². The Morgan fingerprint density at radius 3 is 1.69 bits per heavy atom. The van der Waals surface area contributed by atoms with E-state index in [9.17, 15) is 0 Å². The summed E-state index contributed by atoms with van der Waals surface area (Å²) in [6, 6.07) is 10.6. The van der Waals surface area contributed by atoms with Crippen LogP contribution < -0.4 is 37.4 Å². The molecule has 2 aromatic carbocycles. The smallest absolute Gasteiger partial charge is 0.335 e. The number of nitrogen functional groups attached to an aromatic ring is 4. The molecule has 0 spiro atoms. The Morgan fingerprint density at radius 2 is 1.28 bits per heavy atom. The van der Waals surface area contributed by atoms with Crippen molar-refractivity contribution in [2.45, 2.75) is 12.8 Å². The Labute approximate surface area is 171 Å². The number of benzene rings is 2. The molecule has 0 unspecified atom stereocenters. The van der Waals surface area contributed by atoms with Crippen molar-refractivity contribution in [3.8, 4) is 11.5 Å². The average Bonchev–Trinajstić information content (AvgIpc) is 3.14. The summed E-state index contributed by atoms with van der Waals surface area (Å²) in [4.78, 5) is 3.18. The SMILES string of the molecule is Nc1ccc(OCCC[N+]2(CCCOc3ccc(N)cc3N)C=C[NH+]=C2)c(N)c1. The molecule has 8 nitrogen and oxygen atoms in total. The van der Waals surface area contributed by atoms with Gasteiger partial charge in [-0.3, -0.25) is 0 Å². The molecule has 29 heavy (non-hydrogen) atoms. The third-order valence-electron chi connectivity index (χ3n) is 4.82. The summed E-state index contributed by atoms with van der Waals surface area (Å²) < 4.78 is 12.3. The highest BCUT2D eigenvalue weighted by molar-refractivity contribution is 5.61. The number of nitrogens with zero attached hydrogens (tertiary/aromatic N) is 1. The minimum atomic E-state index is 0.558. The van der Waals surface area contributed by atoms with Crippen molar-refractivity contribution in [3.63, 3.8) is 0 Å². The Hall–Kier alpha value is -3.39. The monoisotopic (exact) mass is 398 g/mol. The van der Waals surface area contributed by atoms with Crippen molar-refractivity contribution in [2.24, 2.45) is 0 Å². The first-order valence-corrected chi connectivity index (χ1v) is 9.68. The maximum atomic E-state index is 5.93. The van der Waals surface area contributed by atoms with Crippen LogP contribution in [0.1, 0.15) is 12.8 Å². The summed E-state index contributed by atoms with van der Waals surface area (Å²) in [6.45, 7) is 2.97. The van der Waals surface area contributed by atoms with Gasteiger partial charge in [0.25, 0.3) is 0 Å². The van der Waals surface area contributed by atoms with Gasteiger partial charge in [-0.05, 0) is 36.4 Å². The summed E-state index contributed by atoms with van der Waals surface area (Å²) in [5.74, 6) is 1.33. The quantitative estimate of drug-likeness (QED) is 0.227. The van der Waals surface area contributed by atoms with Crippen molar-refractivity contribution < 1.29 is 18.9 Å². The Bertz CT molecular complexity index is 823. The number of hydrogen-bond acceptors (Lipinski definition) is 6. The van der Waals surface area contributed by atoms with E-state index in [0.29, 0.717) is 47.5 Å². The van der Waals surface area contributed by atoms with Crippen molar-refractivity contribution in [1.82, 2.24) is 0 Å². The second kappa shape index (κ2) is 9.20. The third kappa shape index (κ3) is 5.55. The highest BCUT2D eigenvalue weighted by Gasteiger charge is 2.29. The predicted octanol–water partition coefficient (Wildman–Crippen LogP) is 0.664. The van der Waals surface area contributed by atoms with Crippen molar-refractivity contribution in [3.05, 3.63) is 48.8 Å². The van der Waals surface area contributed by atoms with Gasteiger partial charge in [-0.2, -0.15) is 4.99 Å². The van der Waals surface area contributed by atoms with Gasteiger partial charge in [0.15, 0.2) is 6.20 Å². The molecular weight excluding hydrogens is 368 g/mol. The molecule has 2 aromatic rings. The van der Waals surface area contributed by atoms with Crippen molar-refractivity contribution in [2.75, 3.05) is 49.2 Å². The van der Waals surface area contributed by atoms with E-state index < -0.39 is 0 Å². The van der Waals surface area contributed by atoms with Gasteiger partial charge < -0.3 is 32.4 Å². The molecule has 0 aromatic heterocycles. The second-order valence-electron chi connectivity index (χ2n) is 7.16. The highest BCUT2D eigenvalue weighted by Crippen LogP contribution is 2.25. The van der Waals surface area contributed by atoms with Crippen LogP contribution in [-0.2, 0) is 0 Å². The van der Waals surface area contributed by atoms with E-state index in [2.05, 4.69) is 17.5 Å². The summed E-state index contributed by atoms with van der Waals surface area (Å²) in [6.07, 6.45) is 7.93. The van der Waals surface area contributed by atoms with Gasteiger partial charge in [0, 0.05) is 24.2 Å². The van der Waals surface area contributed by atoms with Crippen LogP contribution in [-0.4, -0.2) is 37.1 Å². The van der Waals surface area contributed by atoms with Gasteiger partial charge in [-0.25, -0.2) is 4.48 Å². The van der Waals surface area contributed by atoms with Crippen LogP contribution >= 0.6 is 0 Å². The maximum absolute atomic E-state index is 5.93. The van der Waals surface area contributed by atoms with Crippen molar-refractivity contribution in [1.29, 1.82) is 0 Å². The molecule has 0 saturated carbocycles. The molecule has 154 valence electrons. The number of nitrogens with two attached hydrogens (primary N) is 4. The molecule has 8 heteroatoms.